The van der Waals surface area contributed by atoms with Crippen molar-refractivity contribution >= 4 is 20.6 Å². The second-order valence-electron chi connectivity index (χ2n) is 6.27. The van der Waals surface area contributed by atoms with Gasteiger partial charge in [0.25, 0.3) is 0 Å². The Bertz CT molecular complexity index is 395. The average molecular weight is 324 g/mol. The molecule has 0 radical (unpaired) electrons. The zero-order valence-electron chi connectivity index (χ0n) is 12.4. The minimum absolute atomic E-state index is 0.145. The maximum atomic E-state index is 11.3. The Balaban J connectivity index is 2.49. The molecule has 106 valence electrons. The summed E-state index contributed by atoms with van der Waals surface area (Å²) in [4.78, 5) is 11.3. The molecule has 2 nitrogen and oxygen atoms in total. The minimum atomic E-state index is -0.930. The zero-order valence-corrected chi connectivity index (χ0v) is 14.3. The Kier molecular flexibility index (Phi) is 6.13. The summed E-state index contributed by atoms with van der Waals surface area (Å²) >= 11 is -0.930. The van der Waals surface area contributed by atoms with Crippen LogP contribution in [0, 0.1) is 11.3 Å². The molecule has 1 aromatic rings. The van der Waals surface area contributed by atoms with Crippen LogP contribution in [-0.2, 0) is 10.0 Å². The number of carboxylic acids is 1. The zero-order chi connectivity index (χ0) is 14.5. The van der Waals surface area contributed by atoms with E-state index >= 15 is 0 Å². The van der Waals surface area contributed by atoms with Crippen molar-refractivity contribution in [3.05, 3.63) is 35.9 Å². The van der Waals surface area contributed by atoms with Crippen molar-refractivity contribution in [1.82, 2.24) is 0 Å². The van der Waals surface area contributed by atoms with E-state index in [1.165, 1.54) is 10.8 Å². The topological polar surface area (TPSA) is 37.3 Å². The SMILES string of the molecule is C[As](CCC(C(=O)O)C(C)(C)C)Cc1ccccc1. The molecule has 3 heteroatoms. The average Bonchev–Trinajstić information content (AvgIpc) is 2.28. The fraction of sp³-hybridized carbons (Fsp3) is 0.562. The Morgan fingerprint density at radius 3 is 2.32 bits per heavy atom. The summed E-state index contributed by atoms with van der Waals surface area (Å²) in [5.41, 5.74) is 3.60. The molecular formula is C16H25AsO2. The number of hydrogen-bond acceptors (Lipinski definition) is 1. The molecule has 2 unspecified atom stereocenters. The van der Waals surface area contributed by atoms with Gasteiger partial charge in [0.15, 0.2) is 0 Å². The first kappa shape index (κ1) is 16.3. The van der Waals surface area contributed by atoms with E-state index in [0.29, 0.717) is 0 Å². The molecule has 19 heavy (non-hydrogen) atoms. The van der Waals surface area contributed by atoms with Gasteiger partial charge in [-0.15, -0.1) is 0 Å². The molecule has 0 heterocycles. The van der Waals surface area contributed by atoms with Crippen LogP contribution in [0.1, 0.15) is 32.8 Å². The Morgan fingerprint density at radius 1 is 1.26 bits per heavy atom. The van der Waals surface area contributed by atoms with Gasteiger partial charge in [-0.05, 0) is 0 Å². The standard InChI is InChI=1S/C16H25AsO2/c1-16(2,3)14(15(18)19)10-11-17(4)12-13-8-6-5-7-9-13/h5-9,14H,10-12H2,1-4H3,(H,18,19). The van der Waals surface area contributed by atoms with Gasteiger partial charge in [-0.2, -0.15) is 0 Å². The molecule has 0 saturated heterocycles. The molecule has 0 spiro atoms. The molecule has 1 rings (SSSR count). The van der Waals surface area contributed by atoms with E-state index in [2.05, 4.69) is 30.0 Å². The van der Waals surface area contributed by atoms with Gasteiger partial charge in [-0.1, -0.05) is 0 Å². The quantitative estimate of drug-likeness (QED) is 0.802. The normalized spacial score (nSPS) is 14.9. The summed E-state index contributed by atoms with van der Waals surface area (Å²) in [6.45, 7) is 6.07. The van der Waals surface area contributed by atoms with Crippen LogP contribution in [-0.4, -0.2) is 25.7 Å². The van der Waals surface area contributed by atoms with Crippen molar-refractivity contribution < 1.29 is 9.90 Å². The molecule has 0 bridgehead atoms. The van der Waals surface area contributed by atoms with E-state index in [9.17, 15) is 9.90 Å². The van der Waals surface area contributed by atoms with Crippen molar-refractivity contribution in [3.8, 4) is 0 Å². The summed E-state index contributed by atoms with van der Waals surface area (Å²) < 4.78 is 0. The number of carboxylic acid groups (broad SMARTS) is 1. The molecule has 0 amide bonds. The molecule has 0 aliphatic heterocycles. The Hall–Kier alpha value is -0.752. The van der Waals surface area contributed by atoms with Gasteiger partial charge in [0.05, 0.1) is 0 Å². The molecule has 1 aromatic carbocycles. The van der Waals surface area contributed by atoms with Crippen LogP contribution in [0.5, 0.6) is 0 Å². The van der Waals surface area contributed by atoms with Crippen LogP contribution in [0.15, 0.2) is 30.3 Å². The number of aliphatic carboxylic acids is 1. The summed E-state index contributed by atoms with van der Waals surface area (Å²) in [7, 11) is 0. The van der Waals surface area contributed by atoms with Crippen LogP contribution >= 0.6 is 0 Å². The maximum absolute atomic E-state index is 11.3. The molecular weight excluding hydrogens is 299 g/mol. The molecule has 0 fully saturated rings. The van der Waals surface area contributed by atoms with Crippen LogP contribution in [0.4, 0.5) is 0 Å². The van der Waals surface area contributed by atoms with Gasteiger partial charge in [0.1, 0.15) is 0 Å². The van der Waals surface area contributed by atoms with Crippen molar-refractivity contribution in [2.75, 3.05) is 0 Å². The Morgan fingerprint density at radius 2 is 1.84 bits per heavy atom. The van der Waals surface area contributed by atoms with Gasteiger partial charge >= 0.3 is 121 Å². The third kappa shape index (κ3) is 5.82. The molecule has 2 atom stereocenters. The van der Waals surface area contributed by atoms with Crippen molar-refractivity contribution in [2.45, 2.75) is 43.3 Å². The summed E-state index contributed by atoms with van der Waals surface area (Å²) in [6, 6.07) is 10.5. The molecule has 0 saturated carbocycles. The van der Waals surface area contributed by atoms with E-state index in [0.717, 1.165) is 11.6 Å². The van der Waals surface area contributed by atoms with E-state index in [-0.39, 0.29) is 11.3 Å². The first-order valence-electron chi connectivity index (χ1n) is 6.76. The monoisotopic (exact) mass is 324 g/mol. The van der Waals surface area contributed by atoms with Crippen LogP contribution in [0.25, 0.3) is 0 Å². The third-order valence-electron chi connectivity index (χ3n) is 3.44. The molecule has 1 N–H and O–H groups in total. The van der Waals surface area contributed by atoms with Crippen molar-refractivity contribution in [1.29, 1.82) is 0 Å². The molecule has 0 aliphatic rings. The summed E-state index contributed by atoms with van der Waals surface area (Å²) in [5, 5.41) is 11.6. The second kappa shape index (κ2) is 7.14. The molecule has 0 aromatic heterocycles. The summed E-state index contributed by atoms with van der Waals surface area (Å²) in [6.07, 6.45) is 0.822. The number of hydrogen-bond donors (Lipinski definition) is 1. The fourth-order valence-electron chi connectivity index (χ4n) is 2.25. The Labute approximate surface area is 121 Å². The summed E-state index contributed by atoms with van der Waals surface area (Å²) in [5.74, 6) is -0.866. The number of rotatable bonds is 6. The van der Waals surface area contributed by atoms with Crippen molar-refractivity contribution in [3.63, 3.8) is 0 Å². The van der Waals surface area contributed by atoms with Gasteiger partial charge in [0, 0.05) is 0 Å². The van der Waals surface area contributed by atoms with E-state index in [1.54, 1.807) is 0 Å². The first-order valence-corrected chi connectivity index (χ1v) is 11.3. The second-order valence-corrected chi connectivity index (χ2v) is 11.5. The van der Waals surface area contributed by atoms with Gasteiger partial charge < -0.3 is 0 Å². The fourth-order valence-corrected chi connectivity index (χ4v) is 5.80. The predicted molar refractivity (Wildman–Crippen MR) is 81.8 cm³/mol. The molecule has 0 aliphatic carbocycles. The van der Waals surface area contributed by atoms with E-state index < -0.39 is 20.6 Å². The third-order valence-corrected chi connectivity index (χ3v) is 7.48. The van der Waals surface area contributed by atoms with Crippen LogP contribution in [0.2, 0.25) is 10.9 Å². The number of benzene rings is 1. The van der Waals surface area contributed by atoms with Gasteiger partial charge in [-0.3, -0.25) is 0 Å². The number of carbonyl (C=O) groups is 1. The van der Waals surface area contributed by atoms with Crippen LogP contribution < -0.4 is 0 Å². The van der Waals surface area contributed by atoms with Gasteiger partial charge in [-0.25, -0.2) is 0 Å². The van der Waals surface area contributed by atoms with Crippen LogP contribution in [0.3, 0.4) is 0 Å². The first-order chi connectivity index (χ1) is 8.80. The van der Waals surface area contributed by atoms with Gasteiger partial charge in [0.2, 0.25) is 0 Å². The van der Waals surface area contributed by atoms with E-state index in [1.807, 2.05) is 26.8 Å². The van der Waals surface area contributed by atoms with Crippen molar-refractivity contribution in [2.24, 2.45) is 11.3 Å². The predicted octanol–water partition coefficient (Wildman–Crippen LogP) is 4.03. The van der Waals surface area contributed by atoms with E-state index in [4.69, 9.17) is 0 Å².